The molecule has 7 nitrogen and oxygen atoms in total. The summed E-state index contributed by atoms with van der Waals surface area (Å²) in [5.74, 6) is -0.468. The van der Waals surface area contributed by atoms with Gasteiger partial charge in [0.25, 0.3) is 5.78 Å². The van der Waals surface area contributed by atoms with Crippen molar-refractivity contribution in [3.63, 3.8) is 0 Å². The van der Waals surface area contributed by atoms with E-state index in [2.05, 4.69) is 6.92 Å². The molecule has 0 saturated carbocycles. The van der Waals surface area contributed by atoms with Crippen molar-refractivity contribution in [2.24, 2.45) is 0 Å². The minimum absolute atomic E-state index is 0.00935. The molecule has 1 aromatic heterocycles. The van der Waals surface area contributed by atoms with E-state index in [1.165, 1.54) is 16.2 Å². The largest absolute Gasteiger partial charge is 0.507 e. The first kappa shape index (κ1) is 28.4. The number of thiazole rings is 1. The second-order valence-corrected chi connectivity index (χ2v) is 11.3. The van der Waals surface area contributed by atoms with E-state index in [4.69, 9.17) is 14.5 Å². The normalized spacial score (nSPS) is 16.5. The van der Waals surface area contributed by atoms with Crippen molar-refractivity contribution in [2.75, 3.05) is 18.1 Å². The second-order valence-electron chi connectivity index (χ2n) is 10.2. The third-order valence-electron chi connectivity index (χ3n) is 7.01. The number of unbranched alkanes of at least 4 members (excludes halogenated alkanes) is 1. The van der Waals surface area contributed by atoms with Gasteiger partial charge in [0.2, 0.25) is 0 Å². The topological polar surface area (TPSA) is 89.0 Å². The van der Waals surface area contributed by atoms with Crippen molar-refractivity contribution < 1.29 is 24.2 Å². The number of Topliss-reactive ketones (excluding diaryl/α,β-unsaturated/α-hetero) is 1. The number of ketones is 1. The van der Waals surface area contributed by atoms with Crippen molar-refractivity contribution in [3.05, 3.63) is 88.5 Å². The number of hydrogen-bond acceptors (Lipinski definition) is 7. The van der Waals surface area contributed by atoms with E-state index in [1.54, 1.807) is 18.2 Å². The van der Waals surface area contributed by atoms with Crippen LogP contribution in [-0.2, 0) is 9.59 Å². The highest BCUT2D eigenvalue weighted by atomic mass is 32.1. The Kier molecular flexibility index (Phi) is 8.40. The molecule has 8 heteroatoms. The van der Waals surface area contributed by atoms with Crippen LogP contribution in [0.3, 0.4) is 0 Å². The number of aromatic nitrogens is 1. The van der Waals surface area contributed by atoms with E-state index < -0.39 is 17.7 Å². The van der Waals surface area contributed by atoms with Gasteiger partial charge in [-0.2, -0.15) is 0 Å². The summed E-state index contributed by atoms with van der Waals surface area (Å²) in [6.07, 6.45) is 2.77. The molecule has 1 aliphatic heterocycles. The van der Waals surface area contributed by atoms with E-state index in [1.807, 2.05) is 63.2 Å². The van der Waals surface area contributed by atoms with Gasteiger partial charge in [0.15, 0.2) is 5.13 Å². The van der Waals surface area contributed by atoms with Crippen molar-refractivity contribution in [1.82, 2.24) is 4.98 Å². The van der Waals surface area contributed by atoms with Crippen molar-refractivity contribution in [2.45, 2.75) is 53.0 Å². The minimum atomic E-state index is -0.873. The summed E-state index contributed by atoms with van der Waals surface area (Å²) in [5.41, 5.74) is 3.95. The lowest BCUT2D eigenvalue weighted by atomic mass is 9.95. The van der Waals surface area contributed by atoms with Gasteiger partial charge in [0.1, 0.15) is 17.3 Å². The van der Waals surface area contributed by atoms with E-state index >= 15 is 0 Å². The molecule has 41 heavy (non-hydrogen) atoms. The summed E-state index contributed by atoms with van der Waals surface area (Å²) in [5, 5.41) is 12.0. The van der Waals surface area contributed by atoms with Gasteiger partial charge in [-0.25, -0.2) is 4.98 Å². The summed E-state index contributed by atoms with van der Waals surface area (Å²) in [6, 6.07) is 17.5. The molecule has 0 bridgehead atoms. The van der Waals surface area contributed by atoms with Crippen LogP contribution >= 0.6 is 11.3 Å². The summed E-state index contributed by atoms with van der Waals surface area (Å²) in [7, 11) is 0. The Morgan fingerprint density at radius 1 is 0.951 bits per heavy atom. The zero-order valence-electron chi connectivity index (χ0n) is 23.8. The lowest BCUT2D eigenvalue weighted by molar-refractivity contribution is -0.132. The SMILES string of the molecule is CCCCOc1cccc(C(O)=C2C(=O)C(=O)N(c3nc4c(C)cc(C)cc4s3)C2c2ccc(OCCC)cc2)c1. The number of carbonyl (C=O) groups excluding carboxylic acids is 2. The molecule has 0 radical (unpaired) electrons. The van der Waals surface area contributed by atoms with Crippen LogP contribution in [0.5, 0.6) is 11.5 Å². The molecule has 1 atom stereocenters. The quantitative estimate of drug-likeness (QED) is 0.0919. The molecular weight excluding hydrogens is 536 g/mol. The zero-order chi connectivity index (χ0) is 29.1. The van der Waals surface area contributed by atoms with Crippen molar-refractivity contribution in [3.8, 4) is 11.5 Å². The van der Waals surface area contributed by atoms with Crippen LogP contribution in [0.25, 0.3) is 16.0 Å². The average molecular weight is 571 g/mol. The van der Waals surface area contributed by atoms with Gasteiger partial charge in [-0.3, -0.25) is 14.5 Å². The molecule has 1 unspecified atom stereocenters. The minimum Gasteiger partial charge on any atom is -0.507 e. The van der Waals surface area contributed by atoms with Gasteiger partial charge in [-0.15, -0.1) is 0 Å². The Bertz CT molecular complexity index is 1620. The number of aliphatic hydroxyl groups excluding tert-OH is 1. The van der Waals surface area contributed by atoms with Crippen LogP contribution in [-0.4, -0.2) is 35.0 Å². The number of ether oxygens (including phenoxy) is 2. The molecule has 2 heterocycles. The van der Waals surface area contributed by atoms with E-state index in [-0.39, 0.29) is 11.3 Å². The molecule has 212 valence electrons. The van der Waals surface area contributed by atoms with Crippen LogP contribution in [0.1, 0.15) is 61.4 Å². The first-order valence-corrected chi connectivity index (χ1v) is 14.8. The highest BCUT2D eigenvalue weighted by Gasteiger charge is 2.48. The van der Waals surface area contributed by atoms with Crippen molar-refractivity contribution in [1.29, 1.82) is 0 Å². The molecule has 4 aromatic rings. The zero-order valence-corrected chi connectivity index (χ0v) is 24.6. The fourth-order valence-electron chi connectivity index (χ4n) is 5.00. The maximum Gasteiger partial charge on any atom is 0.301 e. The highest BCUT2D eigenvalue weighted by Crippen LogP contribution is 2.45. The summed E-state index contributed by atoms with van der Waals surface area (Å²) < 4.78 is 12.5. The number of fused-ring (bicyclic) bond motifs is 1. The predicted molar refractivity (Wildman–Crippen MR) is 163 cm³/mol. The van der Waals surface area contributed by atoms with Crippen LogP contribution in [0.4, 0.5) is 5.13 Å². The van der Waals surface area contributed by atoms with Crippen molar-refractivity contribution >= 4 is 44.1 Å². The van der Waals surface area contributed by atoms with Gasteiger partial charge >= 0.3 is 5.91 Å². The molecular formula is C33H34N2O5S. The maximum absolute atomic E-state index is 13.7. The van der Waals surface area contributed by atoms with Crippen LogP contribution in [0.2, 0.25) is 0 Å². The predicted octanol–water partition coefficient (Wildman–Crippen LogP) is 7.51. The van der Waals surface area contributed by atoms with Crippen LogP contribution < -0.4 is 14.4 Å². The Labute approximate surface area is 244 Å². The number of aliphatic hydroxyl groups is 1. The Morgan fingerprint density at radius 3 is 2.44 bits per heavy atom. The highest BCUT2D eigenvalue weighted by molar-refractivity contribution is 7.22. The number of anilines is 1. The molecule has 5 rings (SSSR count). The number of aryl methyl sites for hydroxylation is 2. The van der Waals surface area contributed by atoms with Crippen LogP contribution in [0.15, 0.2) is 66.2 Å². The maximum atomic E-state index is 13.7. The average Bonchev–Trinajstić information content (AvgIpc) is 3.50. The lowest BCUT2D eigenvalue weighted by Crippen LogP contribution is -2.29. The molecule has 3 aromatic carbocycles. The van der Waals surface area contributed by atoms with Gasteiger partial charge < -0.3 is 14.6 Å². The molecule has 0 aliphatic carbocycles. The van der Waals surface area contributed by atoms with E-state index in [0.29, 0.717) is 41.0 Å². The van der Waals surface area contributed by atoms with Gasteiger partial charge in [0, 0.05) is 5.56 Å². The number of amides is 1. The first-order valence-electron chi connectivity index (χ1n) is 14.0. The summed E-state index contributed by atoms with van der Waals surface area (Å²) >= 11 is 1.36. The fraction of sp³-hybridized carbons (Fsp3) is 0.303. The Balaban J connectivity index is 1.64. The van der Waals surface area contributed by atoms with Gasteiger partial charge in [0.05, 0.1) is 35.0 Å². The van der Waals surface area contributed by atoms with Gasteiger partial charge in [-0.1, -0.05) is 61.9 Å². The fourth-order valence-corrected chi connectivity index (χ4v) is 6.16. The number of nitrogens with zero attached hydrogens (tertiary/aromatic N) is 2. The second kappa shape index (κ2) is 12.1. The molecule has 0 spiro atoms. The third-order valence-corrected chi connectivity index (χ3v) is 8.01. The summed E-state index contributed by atoms with van der Waals surface area (Å²) in [4.78, 5) is 33.5. The molecule has 1 amide bonds. The molecule has 1 N–H and O–H groups in total. The summed E-state index contributed by atoms with van der Waals surface area (Å²) in [6.45, 7) is 9.25. The third kappa shape index (κ3) is 5.70. The van der Waals surface area contributed by atoms with Crippen LogP contribution in [0, 0.1) is 13.8 Å². The molecule has 1 aliphatic rings. The number of benzene rings is 3. The number of hydrogen-bond donors (Lipinski definition) is 1. The number of carbonyl (C=O) groups is 2. The smallest absolute Gasteiger partial charge is 0.301 e. The van der Waals surface area contributed by atoms with E-state index in [9.17, 15) is 14.7 Å². The Hall–Kier alpha value is -4.17. The monoisotopic (exact) mass is 570 g/mol. The van der Waals surface area contributed by atoms with Gasteiger partial charge in [-0.05, 0) is 73.7 Å². The molecule has 1 saturated heterocycles. The first-order chi connectivity index (χ1) is 19.8. The number of rotatable bonds is 10. The molecule has 1 fully saturated rings. The van der Waals surface area contributed by atoms with E-state index in [0.717, 1.165) is 40.6 Å². The Morgan fingerprint density at radius 2 is 1.71 bits per heavy atom. The standard InChI is InChI=1S/C33H34N2O5S/c1-5-7-16-40-25-10-8-9-23(19-25)30(36)27-29(22-11-13-24(14-12-22)39-15-6-2)35(32(38)31(27)37)33-34-28-21(4)17-20(3)18-26(28)41-33/h8-14,17-19,29,36H,5-7,15-16H2,1-4H3. The lowest BCUT2D eigenvalue weighted by Gasteiger charge is -2.23.